The normalized spacial score (nSPS) is 10.3. The maximum atomic E-state index is 12.3. The maximum Gasteiger partial charge on any atom is 0.339 e. The van der Waals surface area contributed by atoms with Crippen molar-refractivity contribution in [2.45, 2.75) is 27.7 Å². The van der Waals surface area contributed by atoms with E-state index in [4.69, 9.17) is 4.74 Å². The first-order chi connectivity index (χ1) is 13.2. The molecule has 0 fully saturated rings. The van der Waals surface area contributed by atoms with Crippen LogP contribution < -0.4 is 5.32 Å². The number of hydrogen-bond acceptors (Lipinski definition) is 4. The Morgan fingerprint density at radius 1 is 0.929 bits per heavy atom. The molecule has 148 valence electrons. The number of carbonyl (C=O) groups is 3. The van der Waals surface area contributed by atoms with Crippen LogP contribution in [0.1, 0.15) is 32.6 Å². The fourth-order valence-corrected chi connectivity index (χ4v) is 2.95. The SMILES string of the molecule is Cc1ccc(NC(=O)CN(C)C(=O)COC(=O)c2c(C)cc(C)cc2C)cc1. The number of carbonyl (C=O) groups excluding carboxylic acids is 3. The van der Waals surface area contributed by atoms with Gasteiger partial charge in [0.05, 0.1) is 12.1 Å². The van der Waals surface area contributed by atoms with E-state index in [0.29, 0.717) is 11.3 Å². The smallest absolute Gasteiger partial charge is 0.339 e. The van der Waals surface area contributed by atoms with Crippen molar-refractivity contribution in [3.8, 4) is 0 Å². The zero-order valence-corrected chi connectivity index (χ0v) is 17.0. The van der Waals surface area contributed by atoms with Gasteiger partial charge >= 0.3 is 5.97 Å². The monoisotopic (exact) mass is 382 g/mol. The number of ether oxygens (including phenoxy) is 1. The molecule has 0 spiro atoms. The molecule has 2 aromatic rings. The molecule has 0 aliphatic rings. The average Bonchev–Trinajstić information content (AvgIpc) is 2.60. The molecule has 0 aliphatic heterocycles. The molecule has 1 N–H and O–H groups in total. The molecule has 0 atom stereocenters. The summed E-state index contributed by atoms with van der Waals surface area (Å²) in [5.41, 5.74) is 4.89. The molecule has 0 aromatic heterocycles. The fourth-order valence-electron chi connectivity index (χ4n) is 2.95. The van der Waals surface area contributed by atoms with Crippen molar-refractivity contribution in [2.24, 2.45) is 0 Å². The van der Waals surface area contributed by atoms with Crippen LogP contribution in [-0.4, -0.2) is 42.9 Å². The van der Waals surface area contributed by atoms with E-state index in [1.165, 1.54) is 11.9 Å². The molecule has 2 amide bonds. The van der Waals surface area contributed by atoms with E-state index in [-0.39, 0.29) is 12.5 Å². The van der Waals surface area contributed by atoms with Crippen molar-refractivity contribution in [1.29, 1.82) is 0 Å². The van der Waals surface area contributed by atoms with E-state index >= 15 is 0 Å². The maximum absolute atomic E-state index is 12.3. The van der Waals surface area contributed by atoms with E-state index in [1.807, 2.05) is 52.0 Å². The number of anilines is 1. The van der Waals surface area contributed by atoms with Gasteiger partial charge in [-0.3, -0.25) is 9.59 Å². The lowest BCUT2D eigenvalue weighted by Crippen LogP contribution is -2.37. The third kappa shape index (κ3) is 5.67. The van der Waals surface area contributed by atoms with Crippen LogP contribution in [0, 0.1) is 27.7 Å². The zero-order valence-electron chi connectivity index (χ0n) is 17.0. The largest absolute Gasteiger partial charge is 0.452 e. The van der Waals surface area contributed by atoms with Crippen molar-refractivity contribution >= 4 is 23.5 Å². The van der Waals surface area contributed by atoms with Gasteiger partial charge in [0.2, 0.25) is 5.91 Å². The summed E-state index contributed by atoms with van der Waals surface area (Å²) in [6, 6.07) is 11.2. The van der Waals surface area contributed by atoms with Crippen molar-refractivity contribution in [3.05, 3.63) is 64.2 Å². The highest BCUT2D eigenvalue weighted by atomic mass is 16.5. The van der Waals surface area contributed by atoms with Gasteiger partial charge in [0.1, 0.15) is 0 Å². The van der Waals surface area contributed by atoms with E-state index in [9.17, 15) is 14.4 Å². The highest BCUT2D eigenvalue weighted by Crippen LogP contribution is 2.17. The molecule has 2 rings (SSSR count). The lowest BCUT2D eigenvalue weighted by molar-refractivity contribution is -0.136. The van der Waals surface area contributed by atoms with Gasteiger partial charge in [-0.25, -0.2) is 4.79 Å². The quantitative estimate of drug-likeness (QED) is 0.779. The van der Waals surface area contributed by atoms with Crippen molar-refractivity contribution in [1.82, 2.24) is 4.90 Å². The van der Waals surface area contributed by atoms with Crippen molar-refractivity contribution in [3.63, 3.8) is 0 Å². The van der Waals surface area contributed by atoms with Gasteiger partial charge in [-0.2, -0.15) is 0 Å². The minimum Gasteiger partial charge on any atom is -0.452 e. The zero-order chi connectivity index (χ0) is 20.8. The number of nitrogens with zero attached hydrogens (tertiary/aromatic N) is 1. The number of hydrogen-bond donors (Lipinski definition) is 1. The summed E-state index contributed by atoms with van der Waals surface area (Å²) in [6.45, 7) is 7.03. The molecular weight excluding hydrogens is 356 g/mol. The summed E-state index contributed by atoms with van der Waals surface area (Å²) in [5.74, 6) is -1.31. The molecule has 0 bridgehead atoms. The van der Waals surface area contributed by atoms with Gasteiger partial charge in [0.25, 0.3) is 5.91 Å². The van der Waals surface area contributed by atoms with Crippen molar-refractivity contribution in [2.75, 3.05) is 25.5 Å². The standard InChI is InChI=1S/C22H26N2O4/c1-14-6-8-18(9-7-14)23-19(25)12-24(5)20(26)13-28-22(27)21-16(3)10-15(2)11-17(21)4/h6-11H,12-13H2,1-5H3,(H,23,25). The molecule has 2 aromatic carbocycles. The topological polar surface area (TPSA) is 75.7 Å². The van der Waals surface area contributed by atoms with E-state index in [0.717, 1.165) is 22.3 Å². The number of aryl methyl sites for hydroxylation is 4. The second-order valence-corrected chi connectivity index (χ2v) is 7.01. The summed E-state index contributed by atoms with van der Waals surface area (Å²) in [6.07, 6.45) is 0. The van der Waals surface area contributed by atoms with Gasteiger partial charge in [-0.1, -0.05) is 35.4 Å². The first-order valence-corrected chi connectivity index (χ1v) is 9.03. The molecule has 0 aliphatic carbocycles. The molecule has 6 heteroatoms. The number of amides is 2. The Bertz CT molecular complexity index is 865. The first-order valence-electron chi connectivity index (χ1n) is 9.03. The van der Waals surface area contributed by atoms with Crippen LogP contribution in [0.15, 0.2) is 36.4 Å². The Labute approximate surface area is 165 Å². The van der Waals surface area contributed by atoms with Crippen LogP contribution >= 0.6 is 0 Å². The summed E-state index contributed by atoms with van der Waals surface area (Å²) in [4.78, 5) is 37.9. The highest BCUT2D eigenvalue weighted by molar-refractivity contribution is 5.96. The fraction of sp³-hybridized carbons (Fsp3) is 0.318. The third-order valence-corrected chi connectivity index (χ3v) is 4.35. The summed E-state index contributed by atoms with van der Waals surface area (Å²) in [7, 11) is 1.49. The van der Waals surface area contributed by atoms with Crippen LogP contribution in [-0.2, 0) is 14.3 Å². The van der Waals surface area contributed by atoms with E-state index < -0.39 is 18.5 Å². The number of benzene rings is 2. The highest BCUT2D eigenvalue weighted by Gasteiger charge is 2.18. The molecule has 28 heavy (non-hydrogen) atoms. The van der Waals surface area contributed by atoms with E-state index in [1.54, 1.807) is 12.1 Å². The lowest BCUT2D eigenvalue weighted by Gasteiger charge is -2.17. The Balaban J connectivity index is 1.87. The molecule has 0 saturated heterocycles. The van der Waals surface area contributed by atoms with Gasteiger partial charge in [0.15, 0.2) is 6.61 Å². The number of nitrogens with one attached hydrogen (secondary N) is 1. The molecule has 0 heterocycles. The van der Waals surface area contributed by atoms with Gasteiger partial charge in [-0.15, -0.1) is 0 Å². The molecule has 0 saturated carbocycles. The first kappa shape index (κ1) is 21.2. The Hall–Kier alpha value is -3.15. The Morgan fingerprint density at radius 2 is 1.50 bits per heavy atom. The predicted octanol–water partition coefficient (Wildman–Crippen LogP) is 3.17. The summed E-state index contributed by atoms with van der Waals surface area (Å²) in [5, 5.41) is 2.73. The van der Waals surface area contributed by atoms with Crippen LogP contribution in [0.2, 0.25) is 0 Å². The number of esters is 1. The molecular formula is C22H26N2O4. The second kappa shape index (κ2) is 9.17. The van der Waals surface area contributed by atoms with Gasteiger partial charge < -0.3 is 15.0 Å². The molecule has 0 unspecified atom stereocenters. The van der Waals surface area contributed by atoms with Gasteiger partial charge in [0, 0.05) is 12.7 Å². The molecule has 0 radical (unpaired) electrons. The second-order valence-electron chi connectivity index (χ2n) is 7.01. The van der Waals surface area contributed by atoms with E-state index in [2.05, 4.69) is 5.32 Å². The van der Waals surface area contributed by atoms with Crippen molar-refractivity contribution < 1.29 is 19.1 Å². The minimum atomic E-state index is -0.541. The lowest BCUT2D eigenvalue weighted by atomic mass is 10.00. The van der Waals surface area contributed by atoms with Gasteiger partial charge in [-0.05, 0) is 51.0 Å². The summed E-state index contributed by atoms with van der Waals surface area (Å²) < 4.78 is 5.16. The Morgan fingerprint density at radius 3 is 2.07 bits per heavy atom. The Kier molecular flexibility index (Phi) is 6.93. The summed E-state index contributed by atoms with van der Waals surface area (Å²) >= 11 is 0. The predicted molar refractivity (Wildman–Crippen MR) is 108 cm³/mol. The number of likely N-dealkylation sites (N-methyl/N-ethyl adjacent to an activating group) is 1. The van der Waals surface area contributed by atoms with Crippen LogP contribution in [0.3, 0.4) is 0 Å². The number of rotatable bonds is 6. The van der Waals surface area contributed by atoms with Crippen LogP contribution in [0.5, 0.6) is 0 Å². The molecule has 6 nitrogen and oxygen atoms in total. The van der Waals surface area contributed by atoms with Crippen LogP contribution in [0.25, 0.3) is 0 Å². The minimum absolute atomic E-state index is 0.132. The third-order valence-electron chi connectivity index (χ3n) is 4.35. The van der Waals surface area contributed by atoms with Crippen LogP contribution in [0.4, 0.5) is 5.69 Å². The average molecular weight is 382 g/mol.